The fourth-order valence-electron chi connectivity index (χ4n) is 2.50. The van der Waals surface area contributed by atoms with Crippen LogP contribution in [0.5, 0.6) is 17.2 Å². The summed E-state index contributed by atoms with van der Waals surface area (Å²) in [6.45, 7) is 2.47. The van der Waals surface area contributed by atoms with E-state index in [0.29, 0.717) is 35.3 Å². The van der Waals surface area contributed by atoms with Crippen molar-refractivity contribution in [1.82, 2.24) is 15.2 Å². The number of nitrogens with one attached hydrogen (secondary N) is 1. The minimum Gasteiger partial charge on any atom is -0.508 e. The molecule has 0 saturated carbocycles. The van der Waals surface area contributed by atoms with Crippen LogP contribution >= 0.6 is 0 Å². The number of aromatic hydroxyl groups is 1. The van der Waals surface area contributed by atoms with Gasteiger partial charge in [0.25, 0.3) is 0 Å². The highest BCUT2D eigenvalue weighted by Gasteiger charge is 2.17. The van der Waals surface area contributed by atoms with Gasteiger partial charge in [0.1, 0.15) is 11.6 Å². The molecule has 7 heteroatoms. The third-order valence-corrected chi connectivity index (χ3v) is 3.75. The Morgan fingerprint density at radius 2 is 2.04 bits per heavy atom. The van der Waals surface area contributed by atoms with Gasteiger partial charge in [-0.05, 0) is 36.8 Å². The number of rotatable bonds is 6. The van der Waals surface area contributed by atoms with Crippen LogP contribution in [0.1, 0.15) is 24.4 Å². The van der Waals surface area contributed by atoms with Crippen molar-refractivity contribution in [2.75, 3.05) is 13.7 Å². The van der Waals surface area contributed by atoms with Crippen molar-refractivity contribution in [2.24, 2.45) is 5.73 Å². The van der Waals surface area contributed by atoms with E-state index < -0.39 is 6.04 Å². The van der Waals surface area contributed by atoms with Gasteiger partial charge in [-0.1, -0.05) is 18.2 Å². The highest BCUT2D eigenvalue weighted by atomic mass is 16.5. The molecule has 0 saturated heterocycles. The molecule has 0 spiro atoms. The maximum absolute atomic E-state index is 9.58. The van der Waals surface area contributed by atoms with Gasteiger partial charge in [-0.15, -0.1) is 0 Å². The first-order valence-electron chi connectivity index (χ1n) is 7.90. The van der Waals surface area contributed by atoms with Gasteiger partial charge in [0.05, 0.1) is 19.8 Å². The van der Waals surface area contributed by atoms with E-state index in [2.05, 4.69) is 15.2 Å². The second-order valence-electron chi connectivity index (χ2n) is 5.42. The molecule has 0 amide bonds. The Morgan fingerprint density at radius 3 is 2.76 bits per heavy atom. The summed E-state index contributed by atoms with van der Waals surface area (Å²) in [5, 5.41) is 16.6. The summed E-state index contributed by atoms with van der Waals surface area (Å²) in [5.74, 6) is 2.43. The molecule has 3 rings (SSSR count). The lowest BCUT2D eigenvalue weighted by molar-refractivity contribution is 0.310. The number of phenolic OH excluding ortho intramolecular Hbond substituents is 1. The predicted octanol–water partition coefficient (Wildman–Crippen LogP) is 2.63. The zero-order chi connectivity index (χ0) is 17.8. The number of methoxy groups -OCH3 is 1. The Hall–Kier alpha value is -3.06. The van der Waals surface area contributed by atoms with Crippen LogP contribution in [0, 0.1) is 0 Å². The number of nitrogens with zero attached hydrogens (tertiary/aromatic N) is 2. The minimum absolute atomic E-state index is 0.157. The number of aromatic amines is 1. The second kappa shape index (κ2) is 7.23. The molecule has 0 radical (unpaired) electrons. The van der Waals surface area contributed by atoms with Gasteiger partial charge >= 0.3 is 0 Å². The smallest absolute Gasteiger partial charge is 0.181 e. The number of ether oxygens (including phenoxy) is 2. The van der Waals surface area contributed by atoms with E-state index in [0.717, 1.165) is 5.56 Å². The summed E-state index contributed by atoms with van der Waals surface area (Å²) in [4.78, 5) is 4.44. The maximum Gasteiger partial charge on any atom is 0.181 e. The van der Waals surface area contributed by atoms with Crippen molar-refractivity contribution in [2.45, 2.75) is 13.0 Å². The van der Waals surface area contributed by atoms with Crippen LogP contribution in [0.15, 0.2) is 42.5 Å². The SMILES string of the molecule is CCOc1ccc([C@@H](N)c2nc(-c3cccc(O)c3)n[nH]2)cc1OC. The van der Waals surface area contributed by atoms with E-state index in [1.807, 2.05) is 31.2 Å². The summed E-state index contributed by atoms with van der Waals surface area (Å²) in [6, 6.07) is 11.8. The van der Waals surface area contributed by atoms with Crippen LogP contribution in [0.2, 0.25) is 0 Å². The molecule has 0 aliphatic rings. The van der Waals surface area contributed by atoms with Crippen molar-refractivity contribution < 1.29 is 14.6 Å². The van der Waals surface area contributed by atoms with Crippen LogP contribution in [-0.2, 0) is 0 Å². The van der Waals surface area contributed by atoms with Gasteiger partial charge in [-0.25, -0.2) is 4.98 Å². The average Bonchev–Trinajstić information content (AvgIpc) is 3.12. The fraction of sp³-hybridized carbons (Fsp3) is 0.222. The lowest BCUT2D eigenvalue weighted by atomic mass is 10.1. The van der Waals surface area contributed by atoms with Gasteiger partial charge in [0.15, 0.2) is 17.3 Å². The van der Waals surface area contributed by atoms with Gasteiger partial charge in [-0.3, -0.25) is 5.10 Å². The Labute approximate surface area is 145 Å². The van der Waals surface area contributed by atoms with E-state index in [1.165, 1.54) is 0 Å². The Morgan fingerprint density at radius 1 is 1.20 bits per heavy atom. The van der Waals surface area contributed by atoms with Crippen molar-refractivity contribution in [3.05, 3.63) is 53.9 Å². The number of hydrogen-bond donors (Lipinski definition) is 3. The number of benzene rings is 2. The lowest BCUT2D eigenvalue weighted by Crippen LogP contribution is -2.14. The number of hydrogen-bond acceptors (Lipinski definition) is 6. The summed E-state index contributed by atoms with van der Waals surface area (Å²) in [6.07, 6.45) is 0. The average molecular weight is 340 g/mol. The van der Waals surface area contributed by atoms with Crippen LogP contribution in [0.3, 0.4) is 0 Å². The van der Waals surface area contributed by atoms with Gasteiger partial charge in [0, 0.05) is 5.56 Å². The van der Waals surface area contributed by atoms with E-state index in [4.69, 9.17) is 15.2 Å². The maximum atomic E-state index is 9.58. The van der Waals surface area contributed by atoms with E-state index >= 15 is 0 Å². The molecule has 25 heavy (non-hydrogen) atoms. The third kappa shape index (κ3) is 3.56. The zero-order valence-corrected chi connectivity index (χ0v) is 14.1. The number of phenols is 1. The molecule has 1 aromatic heterocycles. The normalized spacial score (nSPS) is 12.0. The van der Waals surface area contributed by atoms with Gasteiger partial charge < -0.3 is 20.3 Å². The fourth-order valence-corrected chi connectivity index (χ4v) is 2.50. The number of H-pyrrole nitrogens is 1. The zero-order valence-electron chi connectivity index (χ0n) is 14.1. The molecule has 2 aromatic carbocycles. The van der Waals surface area contributed by atoms with Crippen LogP contribution in [-0.4, -0.2) is 34.0 Å². The largest absolute Gasteiger partial charge is 0.508 e. The number of aromatic nitrogens is 3. The molecule has 0 bridgehead atoms. The first-order chi connectivity index (χ1) is 12.1. The first kappa shape index (κ1) is 16.8. The quantitative estimate of drug-likeness (QED) is 0.637. The molecule has 0 aliphatic heterocycles. The van der Waals surface area contributed by atoms with E-state index in [9.17, 15) is 5.11 Å². The van der Waals surface area contributed by atoms with E-state index in [1.54, 1.807) is 25.3 Å². The monoisotopic (exact) mass is 340 g/mol. The van der Waals surface area contributed by atoms with Crippen molar-refractivity contribution >= 4 is 0 Å². The van der Waals surface area contributed by atoms with Gasteiger partial charge in [0.2, 0.25) is 0 Å². The minimum atomic E-state index is -0.497. The standard InChI is InChI=1S/C18H20N4O3/c1-3-25-14-8-7-11(10-15(14)24-2)16(19)18-20-17(21-22-18)12-5-4-6-13(23)9-12/h4-10,16,23H,3,19H2,1-2H3,(H,20,21,22)/t16-/m1/s1. The summed E-state index contributed by atoms with van der Waals surface area (Å²) in [5.41, 5.74) is 7.83. The molecular weight excluding hydrogens is 320 g/mol. The molecule has 4 N–H and O–H groups in total. The molecule has 0 fully saturated rings. The van der Waals surface area contributed by atoms with Crippen molar-refractivity contribution in [3.63, 3.8) is 0 Å². The Kier molecular flexibility index (Phi) is 4.85. The molecule has 7 nitrogen and oxygen atoms in total. The summed E-state index contributed by atoms with van der Waals surface area (Å²) < 4.78 is 10.9. The molecule has 3 aromatic rings. The highest BCUT2D eigenvalue weighted by molar-refractivity contribution is 5.57. The summed E-state index contributed by atoms with van der Waals surface area (Å²) >= 11 is 0. The van der Waals surface area contributed by atoms with Crippen LogP contribution < -0.4 is 15.2 Å². The molecule has 0 aliphatic carbocycles. The molecule has 1 heterocycles. The second-order valence-corrected chi connectivity index (χ2v) is 5.42. The first-order valence-corrected chi connectivity index (χ1v) is 7.90. The molecular formula is C18H20N4O3. The highest BCUT2D eigenvalue weighted by Crippen LogP contribution is 2.31. The Bertz CT molecular complexity index is 863. The topological polar surface area (TPSA) is 106 Å². The van der Waals surface area contributed by atoms with Crippen LogP contribution in [0.25, 0.3) is 11.4 Å². The van der Waals surface area contributed by atoms with Crippen molar-refractivity contribution in [3.8, 4) is 28.6 Å². The van der Waals surface area contributed by atoms with Crippen LogP contribution in [0.4, 0.5) is 0 Å². The Balaban J connectivity index is 1.87. The lowest BCUT2D eigenvalue weighted by Gasteiger charge is -2.13. The number of nitrogens with two attached hydrogens (primary N) is 1. The van der Waals surface area contributed by atoms with E-state index in [-0.39, 0.29) is 5.75 Å². The van der Waals surface area contributed by atoms with Gasteiger partial charge in [-0.2, -0.15) is 5.10 Å². The molecule has 1 atom stereocenters. The van der Waals surface area contributed by atoms with Crippen molar-refractivity contribution in [1.29, 1.82) is 0 Å². The molecule has 130 valence electrons. The summed E-state index contributed by atoms with van der Waals surface area (Å²) in [7, 11) is 1.58. The third-order valence-electron chi connectivity index (χ3n) is 3.75. The predicted molar refractivity (Wildman–Crippen MR) is 93.7 cm³/mol. The molecule has 0 unspecified atom stereocenters.